The number of furan rings is 2. The Morgan fingerprint density at radius 1 is 1.12 bits per heavy atom. The first-order valence-corrected chi connectivity index (χ1v) is 9.76. The van der Waals surface area contributed by atoms with Crippen LogP contribution < -0.4 is 9.64 Å². The lowest BCUT2D eigenvalue weighted by atomic mass is 9.99. The minimum Gasteiger partial charge on any atom is -0.503 e. The van der Waals surface area contributed by atoms with Crippen molar-refractivity contribution in [1.29, 1.82) is 0 Å². The monoisotopic (exact) mass is 434 g/mol. The number of ether oxygens (including phenoxy) is 1. The average molecular weight is 434 g/mol. The predicted molar refractivity (Wildman–Crippen MR) is 112 cm³/mol. The SMILES string of the molecule is COc1cccc2cc(C(=O)C3=C(O)C(=O)N(c4cc(C)on4)C3c3ccc(C)o3)oc12. The molecule has 1 atom stereocenters. The fraction of sp³-hybridized carbons (Fsp3) is 0.174. The number of aromatic nitrogens is 1. The van der Waals surface area contributed by atoms with Crippen molar-refractivity contribution in [1.82, 2.24) is 5.16 Å². The number of aryl methyl sites for hydroxylation is 2. The van der Waals surface area contributed by atoms with E-state index in [9.17, 15) is 14.7 Å². The van der Waals surface area contributed by atoms with Gasteiger partial charge in [-0.25, -0.2) is 0 Å². The van der Waals surface area contributed by atoms with Gasteiger partial charge in [0.1, 0.15) is 23.3 Å². The van der Waals surface area contributed by atoms with Crippen LogP contribution in [0.25, 0.3) is 11.0 Å². The largest absolute Gasteiger partial charge is 0.503 e. The van der Waals surface area contributed by atoms with Gasteiger partial charge in [-0.1, -0.05) is 17.3 Å². The van der Waals surface area contributed by atoms with E-state index in [0.717, 1.165) is 0 Å². The first kappa shape index (κ1) is 19.7. The highest BCUT2D eigenvalue weighted by molar-refractivity contribution is 6.20. The fourth-order valence-corrected chi connectivity index (χ4v) is 3.85. The Balaban J connectivity index is 1.65. The number of nitrogens with zero attached hydrogens (tertiary/aromatic N) is 2. The zero-order valence-electron chi connectivity index (χ0n) is 17.4. The number of fused-ring (bicyclic) bond motifs is 1. The summed E-state index contributed by atoms with van der Waals surface area (Å²) < 4.78 is 21.9. The highest BCUT2D eigenvalue weighted by Crippen LogP contribution is 2.43. The second kappa shape index (κ2) is 7.16. The molecule has 0 spiro atoms. The molecule has 1 aromatic carbocycles. The first-order chi connectivity index (χ1) is 15.4. The van der Waals surface area contributed by atoms with Crippen molar-refractivity contribution in [3.8, 4) is 5.75 Å². The number of aliphatic hydroxyl groups is 1. The number of carbonyl (C=O) groups is 2. The quantitative estimate of drug-likeness (QED) is 0.459. The maximum atomic E-state index is 13.5. The molecule has 0 aliphatic carbocycles. The molecule has 1 aliphatic rings. The normalized spacial score (nSPS) is 16.4. The molecule has 0 radical (unpaired) electrons. The van der Waals surface area contributed by atoms with Gasteiger partial charge in [0, 0.05) is 11.5 Å². The molecule has 1 amide bonds. The number of benzene rings is 1. The second-order valence-corrected chi connectivity index (χ2v) is 7.40. The summed E-state index contributed by atoms with van der Waals surface area (Å²) in [5, 5.41) is 15.3. The molecule has 0 saturated carbocycles. The number of hydrogen-bond donors (Lipinski definition) is 1. The van der Waals surface area contributed by atoms with Crippen LogP contribution in [0.3, 0.4) is 0 Å². The Morgan fingerprint density at radius 3 is 2.59 bits per heavy atom. The number of carbonyl (C=O) groups excluding carboxylic acids is 2. The minimum absolute atomic E-state index is 0.0506. The molecular formula is C23H18N2O7. The molecule has 0 fully saturated rings. The highest BCUT2D eigenvalue weighted by atomic mass is 16.5. The number of aliphatic hydroxyl groups excluding tert-OH is 1. The zero-order valence-corrected chi connectivity index (χ0v) is 17.4. The number of ketones is 1. The molecule has 3 aromatic heterocycles. The standard InChI is InChI=1S/C23H18N2O7/c1-11-7-8-14(30-11)19-18(21(27)23(28)25(19)17-9-12(2)32-24-17)20(26)16-10-13-5-4-6-15(29-3)22(13)31-16/h4-10,19,27H,1-3H3. The van der Waals surface area contributed by atoms with Crippen molar-refractivity contribution >= 4 is 28.5 Å². The molecule has 0 bridgehead atoms. The van der Waals surface area contributed by atoms with Crippen molar-refractivity contribution in [3.63, 3.8) is 0 Å². The van der Waals surface area contributed by atoms with E-state index in [-0.39, 0.29) is 22.9 Å². The number of amides is 1. The molecule has 1 unspecified atom stereocenters. The summed E-state index contributed by atoms with van der Waals surface area (Å²) in [7, 11) is 1.50. The van der Waals surface area contributed by atoms with Gasteiger partial charge in [0.25, 0.3) is 5.91 Å². The summed E-state index contributed by atoms with van der Waals surface area (Å²) >= 11 is 0. The lowest BCUT2D eigenvalue weighted by Gasteiger charge is -2.21. The molecule has 162 valence electrons. The van der Waals surface area contributed by atoms with Gasteiger partial charge < -0.3 is 23.2 Å². The predicted octanol–water partition coefficient (Wildman–Crippen LogP) is 4.42. The number of Topliss-reactive ketones (excluding diaryl/α,β-unsaturated/α-hetero) is 1. The Hall–Kier alpha value is -4.27. The van der Waals surface area contributed by atoms with Crippen LogP contribution in [0.4, 0.5) is 5.82 Å². The molecule has 1 N–H and O–H groups in total. The van der Waals surface area contributed by atoms with Crippen molar-refractivity contribution in [3.05, 3.63) is 76.8 Å². The van der Waals surface area contributed by atoms with E-state index in [4.69, 9.17) is 18.1 Å². The van der Waals surface area contributed by atoms with Gasteiger partial charge in [-0.05, 0) is 38.1 Å². The number of para-hydroxylation sites is 1. The molecule has 4 heterocycles. The highest BCUT2D eigenvalue weighted by Gasteiger charge is 2.48. The lowest BCUT2D eigenvalue weighted by Crippen LogP contribution is -2.31. The summed E-state index contributed by atoms with van der Waals surface area (Å²) in [5.74, 6) is -0.274. The maximum absolute atomic E-state index is 13.5. The van der Waals surface area contributed by atoms with Crippen LogP contribution in [0.1, 0.15) is 33.9 Å². The van der Waals surface area contributed by atoms with Crippen molar-refractivity contribution in [2.75, 3.05) is 12.0 Å². The van der Waals surface area contributed by atoms with Crippen LogP contribution in [-0.2, 0) is 4.79 Å². The summed E-state index contributed by atoms with van der Waals surface area (Å²) in [5.41, 5.74) is 0.208. The van der Waals surface area contributed by atoms with Crippen molar-refractivity contribution < 1.29 is 32.8 Å². The third-order valence-corrected chi connectivity index (χ3v) is 5.30. The van der Waals surface area contributed by atoms with Gasteiger partial charge in [0.15, 0.2) is 28.7 Å². The zero-order chi connectivity index (χ0) is 22.6. The smallest absolute Gasteiger partial charge is 0.295 e. The third-order valence-electron chi connectivity index (χ3n) is 5.30. The van der Waals surface area contributed by atoms with E-state index in [1.165, 1.54) is 24.1 Å². The van der Waals surface area contributed by atoms with E-state index >= 15 is 0 Å². The molecule has 9 nitrogen and oxygen atoms in total. The molecule has 32 heavy (non-hydrogen) atoms. The van der Waals surface area contributed by atoms with E-state index in [1.54, 1.807) is 44.2 Å². The molecule has 5 rings (SSSR count). The van der Waals surface area contributed by atoms with E-state index in [1.807, 2.05) is 0 Å². The summed E-state index contributed by atoms with van der Waals surface area (Å²) in [6.07, 6.45) is 0. The van der Waals surface area contributed by atoms with Crippen molar-refractivity contribution in [2.24, 2.45) is 0 Å². The van der Waals surface area contributed by atoms with Gasteiger partial charge in [0.05, 0.1) is 12.7 Å². The number of methoxy groups -OCH3 is 1. The van der Waals surface area contributed by atoms with E-state index < -0.39 is 23.5 Å². The topological polar surface area (TPSA) is 119 Å². The van der Waals surface area contributed by atoms with Crippen molar-refractivity contribution in [2.45, 2.75) is 19.9 Å². The molecule has 0 saturated heterocycles. The lowest BCUT2D eigenvalue weighted by molar-refractivity contribution is -0.117. The molecular weight excluding hydrogens is 416 g/mol. The van der Waals surface area contributed by atoms with Gasteiger partial charge in [-0.2, -0.15) is 0 Å². The number of hydrogen-bond acceptors (Lipinski definition) is 8. The van der Waals surface area contributed by atoms with E-state index in [0.29, 0.717) is 28.2 Å². The van der Waals surface area contributed by atoms with Gasteiger partial charge in [-0.15, -0.1) is 0 Å². The molecule has 9 heteroatoms. The van der Waals surface area contributed by atoms with Gasteiger partial charge >= 0.3 is 0 Å². The molecule has 4 aromatic rings. The minimum atomic E-state index is -1.05. The van der Waals surface area contributed by atoms with Crippen LogP contribution in [0.2, 0.25) is 0 Å². The van der Waals surface area contributed by atoms with Gasteiger partial charge in [-0.3, -0.25) is 14.5 Å². The fourth-order valence-electron chi connectivity index (χ4n) is 3.85. The Kier molecular flexibility index (Phi) is 4.40. The second-order valence-electron chi connectivity index (χ2n) is 7.40. The summed E-state index contributed by atoms with van der Waals surface area (Å²) in [6, 6.07) is 10.6. The van der Waals surface area contributed by atoms with Crippen LogP contribution >= 0.6 is 0 Å². The van der Waals surface area contributed by atoms with Crippen LogP contribution in [-0.4, -0.2) is 29.1 Å². The van der Waals surface area contributed by atoms with E-state index in [2.05, 4.69) is 5.16 Å². The average Bonchev–Trinajstić information content (AvgIpc) is 3.54. The first-order valence-electron chi connectivity index (χ1n) is 9.76. The van der Waals surface area contributed by atoms with Crippen LogP contribution in [0.5, 0.6) is 5.75 Å². The third kappa shape index (κ3) is 2.89. The van der Waals surface area contributed by atoms with Crippen LogP contribution in [0, 0.1) is 13.8 Å². The summed E-state index contributed by atoms with van der Waals surface area (Å²) in [6.45, 7) is 3.41. The van der Waals surface area contributed by atoms with Gasteiger partial charge in [0.2, 0.25) is 5.78 Å². The Morgan fingerprint density at radius 2 is 1.94 bits per heavy atom. The maximum Gasteiger partial charge on any atom is 0.295 e. The number of rotatable bonds is 5. The summed E-state index contributed by atoms with van der Waals surface area (Å²) in [4.78, 5) is 27.7. The Labute approximate surface area is 181 Å². The molecule has 1 aliphatic heterocycles. The Bertz CT molecular complexity index is 1400. The van der Waals surface area contributed by atoms with Crippen LogP contribution in [0.15, 0.2) is 67.2 Å². The number of anilines is 1.